The van der Waals surface area contributed by atoms with Crippen molar-refractivity contribution < 1.29 is 18.4 Å². The number of benzene rings is 2. The van der Waals surface area contributed by atoms with Crippen molar-refractivity contribution in [3.05, 3.63) is 69.8 Å². The summed E-state index contributed by atoms with van der Waals surface area (Å²) in [6, 6.07) is 11.6. The molecule has 2 aromatic carbocycles. The van der Waals surface area contributed by atoms with Crippen LogP contribution < -0.4 is 0 Å². The zero-order valence-corrected chi connectivity index (χ0v) is 14.2. The number of aryl methyl sites for hydroxylation is 1. The minimum atomic E-state index is -0.656. The van der Waals surface area contributed by atoms with Crippen LogP contribution in [0.15, 0.2) is 51.5 Å². The SMILES string of the molecule is Cc1ccc(C(=O)OCc2nc(-c3cccc(Br)c3)no2)cc1F. The molecule has 0 saturated heterocycles. The van der Waals surface area contributed by atoms with Crippen LogP contribution in [0.3, 0.4) is 0 Å². The summed E-state index contributed by atoms with van der Waals surface area (Å²) in [5, 5.41) is 3.85. The highest BCUT2D eigenvalue weighted by Gasteiger charge is 2.13. The van der Waals surface area contributed by atoms with Crippen molar-refractivity contribution in [2.75, 3.05) is 0 Å². The Morgan fingerprint density at radius 1 is 1.29 bits per heavy atom. The second-order valence-corrected chi connectivity index (χ2v) is 5.98. The first-order valence-corrected chi connectivity index (χ1v) is 7.84. The molecule has 1 heterocycles. The third-order valence-electron chi connectivity index (χ3n) is 3.29. The van der Waals surface area contributed by atoms with Crippen molar-refractivity contribution in [3.8, 4) is 11.4 Å². The Morgan fingerprint density at radius 3 is 2.88 bits per heavy atom. The highest BCUT2D eigenvalue weighted by molar-refractivity contribution is 9.10. The van der Waals surface area contributed by atoms with E-state index >= 15 is 0 Å². The predicted molar refractivity (Wildman–Crippen MR) is 87.7 cm³/mol. The van der Waals surface area contributed by atoms with Gasteiger partial charge in [0.25, 0.3) is 5.89 Å². The summed E-state index contributed by atoms with van der Waals surface area (Å²) in [5.74, 6) is -0.565. The van der Waals surface area contributed by atoms with Crippen molar-refractivity contribution in [2.45, 2.75) is 13.5 Å². The molecule has 1 aromatic heterocycles. The molecule has 5 nitrogen and oxygen atoms in total. The van der Waals surface area contributed by atoms with E-state index in [-0.39, 0.29) is 18.1 Å². The standard InChI is InChI=1S/C17H12BrFN2O3/c1-10-5-6-12(8-14(10)19)17(22)23-9-15-20-16(21-24-15)11-3-2-4-13(18)7-11/h2-8H,9H2,1H3. The van der Waals surface area contributed by atoms with E-state index in [1.165, 1.54) is 12.1 Å². The van der Waals surface area contributed by atoms with Gasteiger partial charge in [0.1, 0.15) is 5.82 Å². The lowest BCUT2D eigenvalue weighted by atomic mass is 10.1. The summed E-state index contributed by atoms with van der Waals surface area (Å²) in [6.45, 7) is 1.43. The molecule has 3 aromatic rings. The topological polar surface area (TPSA) is 65.2 Å². The van der Waals surface area contributed by atoms with E-state index in [1.807, 2.05) is 24.3 Å². The average molecular weight is 391 g/mol. The number of hydrogen-bond donors (Lipinski definition) is 0. The zero-order chi connectivity index (χ0) is 17.1. The number of rotatable bonds is 4. The van der Waals surface area contributed by atoms with Crippen LogP contribution in [0.25, 0.3) is 11.4 Å². The maximum Gasteiger partial charge on any atom is 0.338 e. The number of ether oxygens (including phenoxy) is 1. The smallest absolute Gasteiger partial charge is 0.338 e. The van der Waals surface area contributed by atoms with Crippen LogP contribution in [0.2, 0.25) is 0 Å². The summed E-state index contributed by atoms with van der Waals surface area (Å²) >= 11 is 3.37. The van der Waals surface area contributed by atoms with E-state index in [2.05, 4.69) is 26.1 Å². The van der Waals surface area contributed by atoms with Gasteiger partial charge in [-0.25, -0.2) is 9.18 Å². The van der Waals surface area contributed by atoms with Gasteiger partial charge in [0.2, 0.25) is 5.82 Å². The molecule has 0 spiro atoms. The van der Waals surface area contributed by atoms with E-state index in [0.717, 1.165) is 16.1 Å². The Labute approximate surface area is 145 Å². The number of halogens is 2. The molecule has 0 aliphatic heterocycles. The maximum atomic E-state index is 13.5. The zero-order valence-electron chi connectivity index (χ0n) is 12.6. The first-order valence-electron chi connectivity index (χ1n) is 7.05. The molecule has 0 bridgehead atoms. The second-order valence-electron chi connectivity index (χ2n) is 5.06. The molecule has 0 N–H and O–H groups in total. The molecule has 0 aliphatic rings. The van der Waals surface area contributed by atoms with Gasteiger partial charge in [-0.1, -0.05) is 39.3 Å². The fourth-order valence-electron chi connectivity index (χ4n) is 1.99. The number of carbonyl (C=O) groups excluding carboxylic acids is 1. The number of carbonyl (C=O) groups is 1. The molecule has 0 atom stereocenters. The van der Waals surface area contributed by atoms with Gasteiger partial charge in [0.15, 0.2) is 6.61 Å². The average Bonchev–Trinajstić information content (AvgIpc) is 3.04. The molecule has 7 heteroatoms. The molecule has 3 rings (SSSR count). The van der Waals surface area contributed by atoms with Crippen LogP contribution in [0, 0.1) is 12.7 Å². The summed E-state index contributed by atoms with van der Waals surface area (Å²) in [6.07, 6.45) is 0. The molecule has 0 fully saturated rings. The molecular weight excluding hydrogens is 379 g/mol. The summed E-state index contributed by atoms with van der Waals surface area (Å²) in [5.41, 5.74) is 1.36. The fourth-order valence-corrected chi connectivity index (χ4v) is 2.39. The number of esters is 1. The Hall–Kier alpha value is -2.54. The normalized spacial score (nSPS) is 10.6. The fraction of sp³-hybridized carbons (Fsp3) is 0.118. The lowest BCUT2D eigenvalue weighted by Gasteiger charge is -2.03. The minimum absolute atomic E-state index is 0.129. The Kier molecular flexibility index (Phi) is 4.71. The minimum Gasteiger partial charge on any atom is -0.452 e. The Morgan fingerprint density at radius 2 is 2.12 bits per heavy atom. The van der Waals surface area contributed by atoms with E-state index in [0.29, 0.717) is 11.4 Å². The van der Waals surface area contributed by atoms with Gasteiger partial charge < -0.3 is 9.26 Å². The number of aromatic nitrogens is 2. The highest BCUT2D eigenvalue weighted by Crippen LogP contribution is 2.20. The van der Waals surface area contributed by atoms with Gasteiger partial charge in [-0.15, -0.1) is 0 Å². The van der Waals surface area contributed by atoms with Crippen molar-refractivity contribution >= 4 is 21.9 Å². The van der Waals surface area contributed by atoms with E-state index < -0.39 is 11.8 Å². The molecule has 24 heavy (non-hydrogen) atoms. The molecule has 0 radical (unpaired) electrons. The summed E-state index contributed by atoms with van der Waals surface area (Å²) in [4.78, 5) is 16.1. The second kappa shape index (κ2) is 6.92. The van der Waals surface area contributed by atoms with Crippen LogP contribution in [0.5, 0.6) is 0 Å². The van der Waals surface area contributed by atoms with E-state index in [9.17, 15) is 9.18 Å². The molecular formula is C17H12BrFN2O3. The molecule has 0 aliphatic carbocycles. The number of nitrogens with zero attached hydrogens (tertiary/aromatic N) is 2. The third-order valence-corrected chi connectivity index (χ3v) is 3.78. The van der Waals surface area contributed by atoms with Gasteiger partial charge in [0.05, 0.1) is 5.56 Å². The number of hydrogen-bond acceptors (Lipinski definition) is 5. The first kappa shape index (κ1) is 16.3. The molecule has 0 unspecified atom stereocenters. The van der Waals surface area contributed by atoms with Crippen molar-refractivity contribution in [3.63, 3.8) is 0 Å². The monoisotopic (exact) mass is 390 g/mol. The lowest BCUT2D eigenvalue weighted by Crippen LogP contribution is -2.06. The van der Waals surface area contributed by atoms with Gasteiger partial charge >= 0.3 is 5.97 Å². The van der Waals surface area contributed by atoms with Gasteiger partial charge in [-0.2, -0.15) is 4.98 Å². The predicted octanol–water partition coefficient (Wildman–Crippen LogP) is 4.30. The van der Waals surface area contributed by atoms with Gasteiger partial charge in [0, 0.05) is 10.0 Å². The van der Waals surface area contributed by atoms with Gasteiger partial charge in [-0.3, -0.25) is 0 Å². The van der Waals surface area contributed by atoms with Gasteiger partial charge in [-0.05, 0) is 36.8 Å². The first-order chi connectivity index (χ1) is 11.5. The molecule has 0 amide bonds. The van der Waals surface area contributed by atoms with Crippen LogP contribution in [0.1, 0.15) is 21.8 Å². The van der Waals surface area contributed by atoms with Crippen molar-refractivity contribution in [1.29, 1.82) is 0 Å². The van der Waals surface area contributed by atoms with E-state index in [1.54, 1.807) is 6.92 Å². The van der Waals surface area contributed by atoms with Crippen LogP contribution in [-0.2, 0) is 11.3 Å². The highest BCUT2D eigenvalue weighted by atomic mass is 79.9. The van der Waals surface area contributed by atoms with Crippen LogP contribution >= 0.6 is 15.9 Å². The Bertz CT molecular complexity index is 895. The van der Waals surface area contributed by atoms with E-state index in [4.69, 9.17) is 9.26 Å². The van der Waals surface area contributed by atoms with Crippen molar-refractivity contribution in [1.82, 2.24) is 10.1 Å². The largest absolute Gasteiger partial charge is 0.452 e. The van der Waals surface area contributed by atoms with Crippen LogP contribution in [0.4, 0.5) is 4.39 Å². The molecule has 122 valence electrons. The Balaban J connectivity index is 1.67. The summed E-state index contributed by atoms with van der Waals surface area (Å²) < 4.78 is 24.5. The van der Waals surface area contributed by atoms with Crippen LogP contribution in [-0.4, -0.2) is 16.1 Å². The van der Waals surface area contributed by atoms with Crippen molar-refractivity contribution in [2.24, 2.45) is 0 Å². The maximum absolute atomic E-state index is 13.5. The quantitative estimate of drug-likeness (QED) is 0.621. The lowest BCUT2D eigenvalue weighted by molar-refractivity contribution is 0.0429. The molecule has 0 saturated carbocycles. The summed E-state index contributed by atoms with van der Waals surface area (Å²) in [7, 11) is 0. The third kappa shape index (κ3) is 3.68.